The van der Waals surface area contributed by atoms with E-state index >= 15 is 0 Å². The lowest BCUT2D eigenvalue weighted by Gasteiger charge is -2.22. The summed E-state index contributed by atoms with van der Waals surface area (Å²) >= 11 is 0. The zero-order valence-electron chi connectivity index (χ0n) is 12.2. The van der Waals surface area contributed by atoms with Crippen molar-refractivity contribution in [2.24, 2.45) is 0 Å². The van der Waals surface area contributed by atoms with Crippen LogP contribution in [0.5, 0.6) is 5.88 Å². The second-order valence-corrected chi connectivity index (χ2v) is 5.00. The summed E-state index contributed by atoms with van der Waals surface area (Å²) in [5.41, 5.74) is 2.42. The average Bonchev–Trinajstić information content (AvgIpc) is 2.75. The fraction of sp³-hybridized carbons (Fsp3) is 0.375. The van der Waals surface area contributed by atoms with Crippen LogP contribution >= 0.6 is 0 Å². The third-order valence-electron chi connectivity index (χ3n) is 3.42. The highest BCUT2D eigenvalue weighted by Crippen LogP contribution is 2.28. The lowest BCUT2D eigenvalue weighted by Crippen LogP contribution is -2.26. The normalized spacial score (nSPS) is 14.4. The molecule has 1 aliphatic rings. The van der Waals surface area contributed by atoms with E-state index in [1.807, 2.05) is 0 Å². The van der Waals surface area contributed by atoms with Crippen LogP contribution in [0.3, 0.4) is 0 Å². The van der Waals surface area contributed by atoms with Crippen molar-refractivity contribution in [3.05, 3.63) is 42.1 Å². The summed E-state index contributed by atoms with van der Waals surface area (Å²) < 4.78 is 5.61. The van der Waals surface area contributed by atoms with Crippen LogP contribution in [0.25, 0.3) is 0 Å². The summed E-state index contributed by atoms with van der Waals surface area (Å²) in [6, 6.07) is 10.2. The Hall–Kier alpha value is -2.14. The first-order valence-electron chi connectivity index (χ1n) is 7.40. The van der Waals surface area contributed by atoms with Gasteiger partial charge in [0.1, 0.15) is 0 Å². The summed E-state index contributed by atoms with van der Waals surface area (Å²) in [6.07, 6.45) is 2.73. The first-order chi connectivity index (χ1) is 10.4. The smallest absolute Gasteiger partial charge is 0.233 e. The van der Waals surface area contributed by atoms with Gasteiger partial charge in [0, 0.05) is 37.6 Å². The molecule has 1 N–H and O–H groups in total. The summed E-state index contributed by atoms with van der Waals surface area (Å²) in [6.45, 7) is 5.37. The molecule has 2 heterocycles. The van der Waals surface area contributed by atoms with E-state index in [1.165, 1.54) is 5.56 Å². The van der Waals surface area contributed by atoms with E-state index in [2.05, 4.69) is 51.4 Å². The topological polar surface area (TPSA) is 50.3 Å². The molecule has 21 heavy (non-hydrogen) atoms. The zero-order chi connectivity index (χ0) is 14.5. The molecule has 0 aliphatic carbocycles. The molecule has 0 fully saturated rings. The van der Waals surface area contributed by atoms with Crippen LogP contribution in [0.4, 0.5) is 11.6 Å². The summed E-state index contributed by atoms with van der Waals surface area (Å²) in [7, 11) is 0. The van der Waals surface area contributed by atoms with Crippen LogP contribution in [0.15, 0.2) is 36.5 Å². The van der Waals surface area contributed by atoms with Crippen molar-refractivity contribution in [2.45, 2.75) is 19.9 Å². The fourth-order valence-electron chi connectivity index (χ4n) is 2.42. The highest BCUT2D eigenvalue weighted by Gasteiger charge is 2.18. The van der Waals surface area contributed by atoms with Crippen LogP contribution in [-0.2, 0) is 6.54 Å². The number of benzene rings is 1. The van der Waals surface area contributed by atoms with Crippen molar-refractivity contribution in [1.29, 1.82) is 0 Å². The van der Waals surface area contributed by atoms with Crippen molar-refractivity contribution < 1.29 is 4.74 Å². The highest BCUT2D eigenvalue weighted by molar-refractivity contribution is 5.62. The number of hydrogen-bond donors (Lipinski definition) is 1. The van der Waals surface area contributed by atoms with Crippen molar-refractivity contribution >= 4 is 11.6 Å². The number of hydrogen-bond acceptors (Lipinski definition) is 5. The molecule has 0 unspecified atom stereocenters. The molecule has 5 nitrogen and oxygen atoms in total. The van der Waals surface area contributed by atoms with E-state index < -0.39 is 0 Å². The van der Waals surface area contributed by atoms with Crippen LogP contribution in [0.1, 0.15) is 18.9 Å². The van der Waals surface area contributed by atoms with E-state index in [1.54, 1.807) is 12.3 Å². The molecule has 5 heteroatoms. The highest BCUT2D eigenvalue weighted by atomic mass is 16.5. The molecule has 1 aromatic carbocycles. The maximum Gasteiger partial charge on any atom is 0.233 e. The largest absolute Gasteiger partial charge is 0.478 e. The quantitative estimate of drug-likeness (QED) is 0.935. The fourth-order valence-corrected chi connectivity index (χ4v) is 2.42. The minimum atomic E-state index is 0.636. The van der Waals surface area contributed by atoms with Crippen molar-refractivity contribution in [3.63, 3.8) is 0 Å². The monoisotopic (exact) mass is 284 g/mol. The van der Waals surface area contributed by atoms with Gasteiger partial charge in [-0.3, -0.25) is 0 Å². The third-order valence-corrected chi connectivity index (χ3v) is 3.42. The maximum atomic E-state index is 5.61. The molecular weight excluding hydrogens is 264 g/mol. The molecular formula is C16H20N4O. The molecule has 0 spiro atoms. The van der Waals surface area contributed by atoms with Crippen molar-refractivity contribution in [1.82, 2.24) is 15.3 Å². The Bertz CT molecular complexity index is 602. The average molecular weight is 284 g/mol. The molecule has 0 saturated heterocycles. The van der Waals surface area contributed by atoms with Gasteiger partial charge in [-0.15, -0.1) is 0 Å². The molecule has 3 rings (SSSR count). The zero-order valence-corrected chi connectivity index (χ0v) is 12.2. The predicted molar refractivity (Wildman–Crippen MR) is 83.0 cm³/mol. The predicted octanol–water partition coefficient (Wildman–Crippen LogP) is 2.51. The van der Waals surface area contributed by atoms with Gasteiger partial charge in [-0.25, -0.2) is 4.98 Å². The number of para-hydroxylation sites is 1. The minimum absolute atomic E-state index is 0.636. The third kappa shape index (κ3) is 3.13. The van der Waals surface area contributed by atoms with Gasteiger partial charge in [-0.1, -0.05) is 25.1 Å². The number of ether oxygens (including phenoxy) is 1. The molecule has 1 aliphatic heterocycles. The Kier molecular flexibility index (Phi) is 4.31. The summed E-state index contributed by atoms with van der Waals surface area (Å²) in [4.78, 5) is 11.1. The molecule has 0 radical (unpaired) electrons. The Labute approximate surface area is 125 Å². The Balaban J connectivity index is 1.92. The molecule has 0 saturated carbocycles. The number of aromatic nitrogens is 2. The van der Waals surface area contributed by atoms with E-state index in [-0.39, 0.29) is 0 Å². The van der Waals surface area contributed by atoms with Crippen LogP contribution in [0, 0.1) is 0 Å². The first-order valence-corrected chi connectivity index (χ1v) is 7.40. The van der Waals surface area contributed by atoms with Gasteiger partial charge in [0.2, 0.25) is 11.8 Å². The second-order valence-electron chi connectivity index (χ2n) is 5.00. The first kappa shape index (κ1) is 13.8. The Morgan fingerprint density at radius 3 is 3.10 bits per heavy atom. The minimum Gasteiger partial charge on any atom is -0.478 e. The van der Waals surface area contributed by atoms with Gasteiger partial charge in [0.05, 0.1) is 6.61 Å². The van der Waals surface area contributed by atoms with E-state index in [0.717, 1.165) is 31.7 Å². The molecule has 1 aromatic heterocycles. The van der Waals surface area contributed by atoms with Gasteiger partial charge < -0.3 is 15.0 Å². The van der Waals surface area contributed by atoms with Crippen LogP contribution < -0.4 is 15.0 Å². The number of fused-ring (bicyclic) bond motifs is 1. The molecule has 0 atom stereocenters. The number of rotatable bonds is 4. The number of nitrogens with zero attached hydrogens (tertiary/aromatic N) is 3. The molecule has 0 amide bonds. The maximum absolute atomic E-state index is 5.61. The Morgan fingerprint density at radius 1 is 1.29 bits per heavy atom. The van der Waals surface area contributed by atoms with Gasteiger partial charge in [0.25, 0.3) is 0 Å². The summed E-state index contributed by atoms with van der Waals surface area (Å²) in [5.74, 6) is 1.33. The van der Waals surface area contributed by atoms with Gasteiger partial charge in [0.15, 0.2) is 0 Å². The lowest BCUT2D eigenvalue weighted by molar-refractivity contribution is 0.305. The van der Waals surface area contributed by atoms with Gasteiger partial charge >= 0.3 is 0 Å². The molecule has 2 aromatic rings. The Morgan fingerprint density at radius 2 is 2.19 bits per heavy atom. The van der Waals surface area contributed by atoms with E-state index in [9.17, 15) is 0 Å². The van der Waals surface area contributed by atoms with E-state index in [4.69, 9.17) is 4.74 Å². The van der Waals surface area contributed by atoms with E-state index in [0.29, 0.717) is 18.4 Å². The standard InChI is InChI=1S/C16H20N4O/c1-2-11-21-15-7-8-18-16(19-15)20-10-9-17-12-13-5-3-4-6-14(13)20/h3-8,17H,2,9-12H2,1H3. The molecule has 110 valence electrons. The van der Waals surface area contributed by atoms with Crippen molar-refractivity contribution in [2.75, 3.05) is 24.6 Å². The number of nitrogens with one attached hydrogen (secondary N) is 1. The summed E-state index contributed by atoms with van der Waals surface area (Å²) in [5, 5.41) is 3.42. The van der Waals surface area contributed by atoms with Crippen molar-refractivity contribution in [3.8, 4) is 5.88 Å². The van der Waals surface area contributed by atoms with Crippen LogP contribution in [-0.4, -0.2) is 29.7 Å². The number of anilines is 2. The molecule has 0 bridgehead atoms. The lowest BCUT2D eigenvalue weighted by atomic mass is 10.1. The van der Waals surface area contributed by atoms with Gasteiger partial charge in [-0.2, -0.15) is 4.98 Å². The SMILES string of the molecule is CCCOc1ccnc(N2CCNCc3ccccc32)n1. The van der Waals surface area contributed by atoms with Crippen LogP contribution in [0.2, 0.25) is 0 Å². The second kappa shape index (κ2) is 6.54. The van der Waals surface area contributed by atoms with Gasteiger partial charge in [-0.05, 0) is 18.1 Å².